The van der Waals surface area contributed by atoms with E-state index in [9.17, 15) is 4.79 Å². The van der Waals surface area contributed by atoms with E-state index in [-0.39, 0.29) is 6.42 Å². The van der Waals surface area contributed by atoms with Crippen LogP contribution in [0.4, 0.5) is 0 Å². The summed E-state index contributed by atoms with van der Waals surface area (Å²) in [4.78, 5) is 10.2. The first-order valence-corrected chi connectivity index (χ1v) is 7.38. The Morgan fingerprint density at radius 3 is 2.00 bits per heavy atom. The Kier molecular flexibility index (Phi) is 14.6. The zero-order valence-corrected chi connectivity index (χ0v) is 12.0. The molecule has 108 valence electrons. The molecule has 0 aromatic heterocycles. The summed E-state index contributed by atoms with van der Waals surface area (Å²) in [6.07, 6.45) is 6.78. The highest BCUT2D eigenvalue weighted by molar-refractivity contribution is 7.80. The highest BCUT2D eigenvalue weighted by atomic mass is 32.1. The van der Waals surface area contributed by atoms with E-state index in [0.717, 1.165) is 18.8 Å². The number of thiol groups is 1. The van der Waals surface area contributed by atoms with Gasteiger partial charge in [0.05, 0.1) is 13.2 Å². The lowest BCUT2D eigenvalue weighted by Crippen LogP contribution is -2.07. The second-order valence-electron chi connectivity index (χ2n) is 4.21. The first kappa shape index (κ1) is 17.7. The van der Waals surface area contributed by atoms with Crippen molar-refractivity contribution in [2.45, 2.75) is 44.9 Å². The van der Waals surface area contributed by atoms with Crippen molar-refractivity contribution in [1.29, 1.82) is 0 Å². The van der Waals surface area contributed by atoms with Gasteiger partial charge in [-0.15, -0.1) is 0 Å². The minimum atomic E-state index is -0.771. The lowest BCUT2D eigenvalue weighted by Gasteiger charge is -2.05. The van der Waals surface area contributed by atoms with Gasteiger partial charge in [0.2, 0.25) is 0 Å². The number of carbonyl (C=O) groups is 1. The summed E-state index contributed by atoms with van der Waals surface area (Å²) in [5.41, 5.74) is 0. The Morgan fingerprint density at radius 2 is 1.39 bits per heavy atom. The molecule has 0 aliphatic rings. The lowest BCUT2D eigenvalue weighted by molar-refractivity contribution is -0.137. The van der Waals surface area contributed by atoms with Crippen molar-refractivity contribution >= 4 is 18.6 Å². The highest BCUT2D eigenvalue weighted by Gasteiger charge is 1.96. The van der Waals surface area contributed by atoms with Gasteiger partial charge >= 0.3 is 5.97 Å². The number of carboxylic acid groups (broad SMARTS) is 1. The van der Waals surface area contributed by atoms with Crippen LogP contribution in [-0.4, -0.2) is 43.3 Å². The molecule has 0 rings (SSSR count). The molecule has 0 radical (unpaired) electrons. The van der Waals surface area contributed by atoms with Gasteiger partial charge in [0.1, 0.15) is 0 Å². The molecular formula is C13H26O4S. The Bertz CT molecular complexity index is 188. The minimum Gasteiger partial charge on any atom is -0.481 e. The van der Waals surface area contributed by atoms with Crippen LogP contribution in [0.3, 0.4) is 0 Å². The van der Waals surface area contributed by atoms with Gasteiger partial charge in [-0.25, -0.2) is 0 Å². The molecule has 1 N–H and O–H groups in total. The molecule has 5 heteroatoms. The summed E-state index contributed by atoms with van der Waals surface area (Å²) in [7, 11) is 0. The van der Waals surface area contributed by atoms with Crippen LogP contribution < -0.4 is 0 Å². The normalized spacial score (nSPS) is 10.7. The zero-order valence-electron chi connectivity index (χ0n) is 11.1. The summed E-state index contributed by atoms with van der Waals surface area (Å²) in [5, 5.41) is 8.41. The van der Waals surface area contributed by atoms with Crippen molar-refractivity contribution in [1.82, 2.24) is 0 Å². The van der Waals surface area contributed by atoms with E-state index in [1.807, 2.05) is 0 Å². The number of ether oxygens (including phenoxy) is 2. The van der Waals surface area contributed by atoms with E-state index < -0.39 is 5.97 Å². The first-order valence-electron chi connectivity index (χ1n) is 6.75. The van der Waals surface area contributed by atoms with Crippen molar-refractivity contribution in [2.24, 2.45) is 0 Å². The smallest absolute Gasteiger partial charge is 0.303 e. The van der Waals surface area contributed by atoms with Gasteiger partial charge in [-0.1, -0.05) is 19.3 Å². The van der Waals surface area contributed by atoms with E-state index in [1.165, 1.54) is 25.7 Å². The number of aliphatic carboxylic acids is 1. The molecule has 4 nitrogen and oxygen atoms in total. The van der Waals surface area contributed by atoms with Crippen LogP contribution in [-0.2, 0) is 14.3 Å². The molecule has 0 fully saturated rings. The number of carboxylic acids is 1. The standard InChI is InChI=1S/C13H26O4S/c14-13(15)7-6-9-17-11-10-16-8-4-2-1-3-5-12-18/h18H,1-12H2,(H,14,15). The maximum absolute atomic E-state index is 10.2. The Labute approximate surface area is 115 Å². The average Bonchev–Trinajstić information content (AvgIpc) is 2.34. The molecule has 0 atom stereocenters. The van der Waals surface area contributed by atoms with Crippen LogP contribution in [0.5, 0.6) is 0 Å². The average molecular weight is 278 g/mol. The minimum absolute atomic E-state index is 0.174. The maximum atomic E-state index is 10.2. The first-order chi connectivity index (χ1) is 8.77. The molecule has 0 saturated heterocycles. The van der Waals surface area contributed by atoms with Gasteiger partial charge in [0.25, 0.3) is 0 Å². The summed E-state index contributed by atoms with van der Waals surface area (Å²) in [6, 6.07) is 0. The SMILES string of the molecule is O=C(O)CCCOCCOCCCCCCCS. The van der Waals surface area contributed by atoms with Gasteiger partial charge in [0.15, 0.2) is 0 Å². The quantitative estimate of drug-likeness (QED) is 0.379. The molecule has 0 spiro atoms. The number of unbranched alkanes of at least 4 members (excludes halogenated alkanes) is 4. The summed E-state index contributed by atoms with van der Waals surface area (Å²) < 4.78 is 10.7. The second-order valence-corrected chi connectivity index (χ2v) is 4.66. The maximum Gasteiger partial charge on any atom is 0.303 e. The molecule has 0 amide bonds. The third kappa shape index (κ3) is 15.7. The number of hydrogen-bond donors (Lipinski definition) is 2. The summed E-state index contributed by atoms with van der Waals surface area (Å²) in [5.74, 6) is 0.211. The summed E-state index contributed by atoms with van der Waals surface area (Å²) in [6.45, 7) is 2.45. The van der Waals surface area contributed by atoms with Crippen LogP contribution in [0.1, 0.15) is 44.9 Å². The molecule has 0 aromatic rings. The van der Waals surface area contributed by atoms with Crippen LogP contribution in [0.25, 0.3) is 0 Å². The predicted molar refractivity (Wildman–Crippen MR) is 75.4 cm³/mol. The Morgan fingerprint density at radius 1 is 0.833 bits per heavy atom. The van der Waals surface area contributed by atoms with Gasteiger partial charge in [0, 0.05) is 19.6 Å². The van der Waals surface area contributed by atoms with Gasteiger partial charge in [-0.3, -0.25) is 4.79 Å². The topological polar surface area (TPSA) is 55.8 Å². The van der Waals surface area contributed by atoms with E-state index in [4.69, 9.17) is 14.6 Å². The molecule has 0 heterocycles. The van der Waals surface area contributed by atoms with Gasteiger partial charge in [-0.2, -0.15) is 12.6 Å². The number of hydrogen-bond acceptors (Lipinski definition) is 4. The van der Waals surface area contributed by atoms with E-state index >= 15 is 0 Å². The Balaban J connectivity index is 2.92. The van der Waals surface area contributed by atoms with Crippen molar-refractivity contribution in [3.63, 3.8) is 0 Å². The Hall–Kier alpha value is -0.260. The fourth-order valence-corrected chi connectivity index (χ4v) is 1.72. The van der Waals surface area contributed by atoms with Gasteiger partial charge in [-0.05, 0) is 25.0 Å². The summed E-state index contributed by atoms with van der Waals surface area (Å²) >= 11 is 4.17. The van der Waals surface area contributed by atoms with E-state index in [1.54, 1.807) is 0 Å². The van der Waals surface area contributed by atoms with Crippen LogP contribution in [0, 0.1) is 0 Å². The van der Waals surface area contributed by atoms with Crippen molar-refractivity contribution < 1.29 is 19.4 Å². The highest BCUT2D eigenvalue weighted by Crippen LogP contribution is 2.03. The van der Waals surface area contributed by atoms with Crippen LogP contribution in [0.2, 0.25) is 0 Å². The molecule has 18 heavy (non-hydrogen) atoms. The molecule has 0 aliphatic carbocycles. The lowest BCUT2D eigenvalue weighted by atomic mass is 10.2. The molecule has 0 bridgehead atoms. The molecular weight excluding hydrogens is 252 g/mol. The van der Waals surface area contributed by atoms with Crippen LogP contribution >= 0.6 is 12.6 Å². The molecule has 0 saturated carbocycles. The molecule has 0 aliphatic heterocycles. The number of rotatable bonds is 14. The fourth-order valence-electron chi connectivity index (χ4n) is 1.49. The third-order valence-corrected chi connectivity index (χ3v) is 2.81. The van der Waals surface area contributed by atoms with Crippen molar-refractivity contribution in [2.75, 3.05) is 32.2 Å². The largest absolute Gasteiger partial charge is 0.481 e. The second kappa shape index (κ2) is 14.8. The third-order valence-electron chi connectivity index (χ3n) is 2.50. The predicted octanol–water partition coefficient (Wildman–Crippen LogP) is 2.76. The molecule has 0 aromatic carbocycles. The van der Waals surface area contributed by atoms with Crippen molar-refractivity contribution in [3.8, 4) is 0 Å². The van der Waals surface area contributed by atoms with E-state index in [0.29, 0.717) is 26.2 Å². The molecule has 0 unspecified atom stereocenters. The van der Waals surface area contributed by atoms with Crippen LogP contribution in [0.15, 0.2) is 0 Å². The zero-order chi connectivity index (χ0) is 13.5. The monoisotopic (exact) mass is 278 g/mol. The van der Waals surface area contributed by atoms with Crippen molar-refractivity contribution in [3.05, 3.63) is 0 Å². The van der Waals surface area contributed by atoms with E-state index in [2.05, 4.69) is 12.6 Å². The van der Waals surface area contributed by atoms with Gasteiger partial charge < -0.3 is 14.6 Å². The fraction of sp³-hybridized carbons (Fsp3) is 0.923.